The number of amides is 2. The van der Waals surface area contributed by atoms with Crippen LogP contribution in [0.5, 0.6) is 0 Å². The maximum absolute atomic E-state index is 13.2. The number of nitrogens with zero attached hydrogens (tertiary/aromatic N) is 3. The highest BCUT2D eigenvalue weighted by Gasteiger charge is 2.43. The number of aliphatic imine (C=N–C) groups is 2. The van der Waals surface area contributed by atoms with Crippen molar-refractivity contribution in [3.05, 3.63) is 59.2 Å². The minimum Gasteiger partial charge on any atom is -0.325 e. The smallest absolute Gasteiger partial charge is 0.259 e. The number of anilines is 1. The Balaban J connectivity index is 1.65. The van der Waals surface area contributed by atoms with E-state index in [0.29, 0.717) is 17.4 Å². The third-order valence-electron chi connectivity index (χ3n) is 5.77. The largest absolute Gasteiger partial charge is 0.325 e. The van der Waals surface area contributed by atoms with Crippen molar-refractivity contribution in [2.24, 2.45) is 15.9 Å². The number of benzene rings is 2. The summed E-state index contributed by atoms with van der Waals surface area (Å²) >= 11 is 1.32. The summed E-state index contributed by atoms with van der Waals surface area (Å²) in [6.07, 6.45) is 0.601. The quantitative estimate of drug-likeness (QED) is 0.694. The molecule has 0 aliphatic carbocycles. The number of hydrogen-bond acceptors (Lipinski definition) is 5. The molecule has 0 radical (unpaired) electrons. The molecular formula is C25H28N4O2S. The molecule has 2 aliphatic rings. The number of para-hydroxylation sites is 2. The maximum atomic E-state index is 13.2. The van der Waals surface area contributed by atoms with Crippen molar-refractivity contribution in [2.75, 3.05) is 5.32 Å². The van der Waals surface area contributed by atoms with E-state index < -0.39 is 11.3 Å². The van der Waals surface area contributed by atoms with Gasteiger partial charge in [-0.25, -0.2) is 9.89 Å². The summed E-state index contributed by atoms with van der Waals surface area (Å²) in [7, 11) is 0. The topological polar surface area (TPSA) is 74.1 Å². The van der Waals surface area contributed by atoms with Crippen molar-refractivity contribution >= 4 is 46.0 Å². The minimum atomic E-state index is -0.439. The molecule has 2 aromatic carbocycles. The standard InChI is InChI=1S/C25H28N4O2S/c1-6-19(23(30)28-21-15(4)10-9-11-16(21)5)32-25-26-18-13-8-7-12-17(18)22-27-20(14(2)3)24(31)29(22)25/h7-14,19-20H,6H2,1-5H3,(H,28,30)/t19-,20+/m0/s1. The van der Waals surface area contributed by atoms with Gasteiger partial charge in [0.2, 0.25) is 5.91 Å². The lowest BCUT2D eigenvalue weighted by molar-refractivity contribution is -0.125. The van der Waals surface area contributed by atoms with Gasteiger partial charge in [-0.2, -0.15) is 0 Å². The van der Waals surface area contributed by atoms with E-state index >= 15 is 0 Å². The second-order valence-electron chi connectivity index (χ2n) is 8.50. The maximum Gasteiger partial charge on any atom is 0.259 e. The van der Waals surface area contributed by atoms with Gasteiger partial charge in [0.15, 0.2) is 5.17 Å². The molecule has 2 amide bonds. The number of nitrogens with one attached hydrogen (secondary N) is 1. The van der Waals surface area contributed by atoms with Crippen LogP contribution in [-0.4, -0.2) is 39.0 Å². The average molecular weight is 449 g/mol. The van der Waals surface area contributed by atoms with Gasteiger partial charge < -0.3 is 5.32 Å². The molecule has 0 saturated carbocycles. The molecule has 0 fully saturated rings. The number of hydrogen-bond donors (Lipinski definition) is 1. The number of carbonyl (C=O) groups excluding carboxylic acids is 2. The van der Waals surface area contributed by atoms with E-state index in [1.54, 1.807) is 4.90 Å². The molecular weight excluding hydrogens is 420 g/mol. The average Bonchev–Trinajstić information content (AvgIpc) is 3.12. The lowest BCUT2D eigenvalue weighted by Crippen LogP contribution is -2.43. The minimum absolute atomic E-state index is 0.0771. The summed E-state index contributed by atoms with van der Waals surface area (Å²) in [5.74, 6) is 0.530. The van der Waals surface area contributed by atoms with Gasteiger partial charge in [-0.3, -0.25) is 14.6 Å². The van der Waals surface area contributed by atoms with E-state index in [1.807, 2.05) is 77.1 Å². The first-order valence-corrected chi connectivity index (χ1v) is 11.8. The van der Waals surface area contributed by atoms with Crippen LogP contribution in [0.15, 0.2) is 52.4 Å². The van der Waals surface area contributed by atoms with Gasteiger partial charge in [0.05, 0.1) is 10.9 Å². The van der Waals surface area contributed by atoms with E-state index in [2.05, 4.69) is 5.32 Å². The molecule has 0 bridgehead atoms. The van der Waals surface area contributed by atoms with E-state index in [1.165, 1.54) is 11.8 Å². The Morgan fingerprint density at radius 3 is 2.47 bits per heavy atom. The summed E-state index contributed by atoms with van der Waals surface area (Å²) in [6.45, 7) is 9.92. The molecule has 0 saturated heterocycles. The highest BCUT2D eigenvalue weighted by molar-refractivity contribution is 8.15. The monoisotopic (exact) mass is 448 g/mol. The normalized spacial score (nSPS) is 18.1. The molecule has 32 heavy (non-hydrogen) atoms. The molecule has 2 heterocycles. The van der Waals surface area contributed by atoms with Gasteiger partial charge in [-0.1, -0.05) is 62.9 Å². The lowest BCUT2D eigenvalue weighted by Gasteiger charge is -2.27. The number of aryl methyl sites for hydroxylation is 2. The Labute approximate surface area is 193 Å². The molecule has 1 N–H and O–H groups in total. The first-order valence-electron chi connectivity index (χ1n) is 11.0. The highest BCUT2D eigenvalue weighted by Crippen LogP contribution is 2.36. The molecule has 166 valence electrons. The van der Waals surface area contributed by atoms with Gasteiger partial charge in [0.1, 0.15) is 11.9 Å². The Morgan fingerprint density at radius 2 is 1.81 bits per heavy atom. The molecule has 2 atom stereocenters. The van der Waals surface area contributed by atoms with Crippen LogP contribution in [0.3, 0.4) is 0 Å². The van der Waals surface area contributed by atoms with Crippen LogP contribution >= 0.6 is 11.8 Å². The van der Waals surface area contributed by atoms with Crippen LogP contribution in [0.1, 0.15) is 43.9 Å². The number of amidine groups is 2. The predicted molar refractivity (Wildman–Crippen MR) is 132 cm³/mol. The molecule has 7 heteroatoms. The second-order valence-corrected chi connectivity index (χ2v) is 9.67. The molecule has 2 aliphatic heterocycles. The zero-order chi connectivity index (χ0) is 23.0. The third kappa shape index (κ3) is 3.97. The zero-order valence-corrected chi connectivity index (χ0v) is 19.9. The Bertz CT molecular complexity index is 1120. The van der Waals surface area contributed by atoms with Crippen molar-refractivity contribution in [2.45, 2.75) is 52.3 Å². The third-order valence-corrected chi connectivity index (χ3v) is 7.09. The lowest BCUT2D eigenvalue weighted by atomic mass is 10.1. The Kier molecular flexibility index (Phi) is 6.20. The summed E-state index contributed by atoms with van der Waals surface area (Å²) in [5, 5.41) is 3.20. The SMILES string of the molecule is CC[C@H](SC1=Nc2ccccc2C2=N[C@H](C(C)C)C(=O)N12)C(=O)Nc1c(C)cccc1C. The number of rotatable bonds is 5. The first kappa shape index (κ1) is 22.3. The summed E-state index contributed by atoms with van der Waals surface area (Å²) in [4.78, 5) is 37.6. The van der Waals surface area contributed by atoms with Crippen LogP contribution < -0.4 is 5.32 Å². The van der Waals surface area contributed by atoms with E-state index in [9.17, 15) is 9.59 Å². The Morgan fingerprint density at radius 1 is 1.12 bits per heavy atom. The number of carbonyl (C=O) groups is 2. The fourth-order valence-corrected chi connectivity index (χ4v) is 4.97. The van der Waals surface area contributed by atoms with Crippen LogP contribution in [0.4, 0.5) is 11.4 Å². The molecule has 4 rings (SSSR count). The van der Waals surface area contributed by atoms with E-state index in [0.717, 1.165) is 28.1 Å². The van der Waals surface area contributed by atoms with Crippen molar-refractivity contribution in [1.82, 2.24) is 4.90 Å². The summed E-state index contributed by atoms with van der Waals surface area (Å²) < 4.78 is 0. The summed E-state index contributed by atoms with van der Waals surface area (Å²) in [6, 6.07) is 13.2. The van der Waals surface area contributed by atoms with E-state index in [4.69, 9.17) is 9.98 Å². The first-order chi connectivity index (χ1) is 15.3. The Hall–Kier alpha value is -2.93. The number of thioether (sulfide) groups is 1. The second kappa shape index (κ2) is 8.90. The van der Waals surface area contributed by atoms with Gasteiger partial charge in [0, 0.05) is 11.3 Å². The molecule has 2 aromatic rings. The summed E-state index contributed by atoms with van der Waals surface area (Å²) in [5.41, 5.74) is 4.50. The van der Waals surface area contributed by atoms with E-state index in [-0.39, 0.29) is 17.7 Å². The van der Waals surface area contributed by atoms with Gasteiger partial charge >= 0.3 is 0 Å². The van der Waals surface area contributed by atoms with Crippen molar-refractivity contribution in [3.63, 3.8) is 0 Å². The van der Waals surface area contributed by atoms with Crippen LogP contribution in [-0.2, 0) is 9.59 Å². The highest BCUT2D eigenvalue weighted by atomic mass is 32.2. The van der Waals surface area contributed by atoms with Crippen LogP contribution in [0.25, 0.3) is 0 Å². The zero-order valence-electron chi connectivity index (χ0n) is 19.0. The fourth-order valence-electron chi connectivity index (χ4n) is 3.95. The predicted octanol–water partition coefficient (Wildman–Crippen LogP) is 5.07. The van der Waals surface area contributed by atoms with Crippen molar-refractivity contribution in [3.8, 4) is 0 Å². The van der Waals surface area contributed by atoms with Crippen LogP contribution in [0, 0.1) is 19.8 Å². The van der Waals surface area contributed by atoms with Gasteiger partial charge in [-0.05, 0) is 49.4 Å². The van der Waals surface area contributed by atoms with Crippen LogP contribution in [0.2, 0.25) is 0 Å². The fraction of sp³-hybridized carbons (Fsp3) is 0.360. The molecule has 0 unspecified atom stereocenters. The van der Waals surface area contributed by atoms with Crippen molar-refractivity contribution < 1.29 is 9.59 Å². The molecule has 0 spiro atoms. The molecule has 6 nitrogen and oxygen atoms in total. The number of fused-ring (bicyclic) bond motifs is 3. The van der Waals surface area contributed by atoms with Crippen molar-refractivity contribution in [1.29, 1.82) is 0 Å². The molecule has 0 aromatic heterocycles. The van der Waals surface area contributed by atoms with Gasteiger partial charge in [-0.15, -0.1) is 0 Å². The van der Waals surface area contributed by atoms with Gasteiger partial charge in [0.25, 0.3) is 5.91 Å².